The van der Waals surface area contributed by atoms with Gasteiger partial charge in [-0.25, -0.2) is 0 Å². The molecule has 7 nitrogen and oxygen atoms in total. The summed E-state index contributed by atoms with van der Waals surface area (Å²) in [5.41, 5.74) is 3.08. The van der Waals surface area contributed by atoms with Crippen LogP contribution in [0.4, 0.5) is 11.4 Å². The predicted molar refractivity (Wildman–Crippen MR) is 154 cm³/mol. The molecule has 0 spiro atoms. The van der Waals surface area contributed by atoms with Crippen LogP contribution in [-0.4, -0.2) is 26.0 Å². The quantitative estimate of drug-likeness (QED) is 0.225. The fraction of sp³-hybridized carbons (Fsp3) is 0.0625. The number of hydrogen-bond acceptors (Lipinski definition) is 5. The largest absolute Gasteiger partial charge is 0.497 e. The number of amides is 2. The van der Waals surface area contributed by atoms with Gasteiger partial charge in [0.05, 0.1) is 14.2 Å². The van der Waals surface area contributed by atoms with Gasteiger partial charge in [0.1, 0.15) is 23.0 Å². The van der Waals surface area contributed by atoms with E-state index in [1.165, 1.54) is 12.2 Å². The zero-order valence-corrected chi connectivity index (χ0v) is 21.6. The molecule has 4 aromatic rings. The normalized spacial score (nSPS) is 10.8. The van der Waals surface area contributed by atoms with E-state index < -0.39 is 0 Å². The van der Waals surface area contributed by atoms with Gasteiger partial charge in [0.15, 0.2) is 0 Å². The van der Waals surface area contributed by atoms with Gasteiger partial charge in [-0.1, -0.05) is 24.3 Å². The van der Waals surface area contributed by atoms with Crippen LogP contribution in [0.1, 0.15) is 11.1 Å². The number of methoxy groups -OCH3 is 2. The Hall–Kier alpha value is -5.30. The van der Waals surface area contributed by atoms with E-state index in [-0.39, 0.29) is 11.8 Å². The van der Waals surface area contributed by atoms with E-state index in [4.69, 9.17) is 14.2 Å². The van der Waals surface area contributed by atoms with E-state index in [0.717, 1.165) is 22.6 Å². The molecule has 0 aliphatic heterocycles. The van der Waals surface area contributed by atoms with Gasteiger partial charge in [0.25, 0.3) is 0 Å². The summed E-state index contributed by atoms with van der Waals surface area (Å²) in [5, 5.41) is 5.64. The van der Waals surface area contributed by atoms with Crippen LogP contribution in [0.3, 0.4) is 0 Å². The Morgan fingerprint density at radius 3 is 1.18 bits per heavy atom. The summed E-state index contributed by atoms with van der Waals surface area (Å²) in [7, 11) is 3.22. The second-order valence-electron chi connectivity index (χ2n) is 8.34. The van der Waals surface area contributed by atoms with E-state index in [0.29, 0.717) is 22.9 Å². The molecule has 2 amide bonds. The maximum Gasteiger partial charge on any atom is 0.248 e. The number of carbonyl (C=O) groups is 2. The molecule has 39 heavy (non-hydrogen) atoms. The third-order valence-corrected chi connectivity index (χ3v) is 5.57. The highest BCUT2D eigenvalue weighted by molar-refractivity contribution is 6.02. The molecular formula is C32H28N2O5. The van der Waals surface area contributed by atoms with Crippen molar-refractivity contribution in [2.24, 2.45) is 0 Å². The summed E-state index contributed by atoms with van der Waals surface area (Å²) < 4.78 is 16.1. The van der Waals surface area contributed by atoms with Gasteiger partial charge in [0.2, 0.25) is 11.8 Å². The highest BCUT2D eigenvalue weighted by Crippen LogP contribution is 2.24. The van der Waals surface area contributed by atoms with Gasteiger partial charge in [-0.05, 0) is 96.1 Å². The van der Waals surface area contributed by atoms with Crippen LogP contribution >= 0.6 is 0 Å². The number of anilines is 2. The first-order valence-corrected chi connectivity index (χ1v) is 12.1. The smallest absolute Gasteiger partial charge is 0.248 e. The third-order valence-electron chi connectivity index (χ3n) is 5.57. The number of nitrogens with one attached hydrogen (secondary N) is 2. The molecule has 7 heteroatoms. The molecule has 0 aliphatic carbocycles. The first kappa shape index (κ1) is 26.8. The van der Waals surface area contributed by atoms with Gasteiger partial charge in [0, 0.05) is 23.5 Å². The molecule has 196 valence electrons. The highest BCUT2D eigenvalue weighted by atomic mass is 16.5. The number of hydrogen-bond donors (Lipinski definition) is 2. The highest BCUT2D eigenvalue weighted by Gasteiger charge is 2.03. The number of rotatable bonds is 10. The van der Waals surface area contributed by atoms with Gasteiger partial charge in [-0.15, -0.1) is 0 Å². The Labute approximate surface area is 227 Å². The molecule has 0 radical (unpaired) electrons. The first-order valence-electron chi connectivity index (χ1n) is 12.1. The Kier molecular flexibility index (Phi) is 9.13. The van der Waals surface area contributed by atoms with Gasteiger partial charge in [-0.2, -0.15) is 0 Å². The van der Waals surface area contributed by atoms with Crippen molar-refractivity contribution in [1.29, 1.82) is 0 Å². The summed E-state index contributed by atoms with van der Waals surface area (Å²) in [5.74, 6) is 2.26. The summed E-state index contributed by atoms with van der Waals surface area (Å²) in [6.07, 6.45) is 6.41. The summed E-state index contributed by atoms with van der Waals surface area (Å²) >= 11 is 0. The molecule has 0 bridgehead atoms. The second-order valence-corrected chi connectivity index (χ2v) is 8.34. The van der Waals surface area contributed by atoms with Gasteiger partial charge in [-0.3, -0.25) is 9.59 Å². The van der Waals surface area contributed by atoms with Crippen molar-refractivity contribution in [3.8, 4) is 23.0 Å². The van der Waals surface area contributed by atoms with Crippen molar-refractivity contribution in [3.63, 3.8) is 0 Å². The van der Waals surface area contributed by atoms with E-state index in [2.05, 4.69) is 10.6 Å². The lowest BCUT2D eigenvalue weighted by atomic mass is 10.2. The van der Waals surface area contributed by atoms with Crippen LogP contribution in [0, 0.1) is 0 Å². The predicted octanol–water partition coefficient (Wildman–Crippen LogP) is 6.80. The second kappa shape index (κ2) is 13.3. The van der Waals surface area contributed by atoms with Crippen LogP contribution in [0.5, 0.6) is 23.0 Å². The zero-order valence-electron chi connectivity index (χ0n) is 21.6. The molecule has 0 saturated heterocycles. The molecule has 0 saturated carbocycles. The Balaban J connectivity index is 1.25. The minimum Gasteiger partial charge on any atom is -0.497 e. The molecule has 2 N–H and O–H groups in total. The summed E-state index contributed by atoms with van der Waals surface area (Å²) in [4.78, 5) is 24.5. The Morgan fingerprint density at radius 2 is 0.846 bits per heavy atom. The van der Waals surface area contributed by atoms with Crippen LogP contribution in [0.25, 0.3) is 12.2 Å². The molecule has 4 aromatic carbocycles. The first-order chi connectivity index (χ1) is 19.0. The average molecular weight is 521 g/mol. The van der Waals surface area contributed by atoms with Crippen LogP contribution in [-0.2, 0) is 9.59 Å². The maximum atomic E-state index is 12.2. The Bertz CT molecular complexity index is 1330. The maximum absolute atomic E-state index is 12.2. The third kappa shape index (κ3) is 8.36. The lowest BCUT2D eigenvalue weighted by molar-refractivity contribution is -0.112. The standard InChI is InChI=1S/C32H28N2O5/c1-37-27-13-3-23(4-14-27)7-21-31(35)33-25-9-17-29(18-10-25)39-30-19-11-26(12-20-30)34-32(36)22-8-24-5-15-28(38-2)16-6-24/h3-22H,1-2H3,(H,33,35)(H,34,36)/b21-7+,22-8+. The average Bonchev–Trinajstić information content (AvgIpc) is 2.97. The lowest BCUT2D eigenvalue weighted by Gasteiger charge is -2.08. The Morgan fingerprint density at radius 1 is 0.513 bits per heavy atom. The van der Waals surface area contributed by atoms with Crippen molar-refractivity contribution >= 4 is 35.3 Å². The molecule has 0 atom stereocenters. The van der Waals surface area contributed by atoms with Gasteiger partial charge >= 0.3 is 0 Å². The molecule has 0 heterocycles. The molecule has 0 unspecified atom stereocenters. The lowest BCUT2D eigenvalue weighted by Crippen LogP contribution is -2.07. The van der Waals surface area contributed by atoms with E-state index in [1.807, 2.05) is 48.5 Å². The number of benzene rings is 4. The molecule has 4 rings (SSSR count). The van der Waals surface area contributed by atoms with Crippen LogP contribution in [0.15, 0.2) is 109 Å². The zero-order chi connectivity index (χ0) is 27.5. The SMILES string of the molecule is COc1ccc(/C=C/C(=O)Nc2ccc(Oc3ccc(NC(=O)/C=C/c4ccc(OC)cc4)cc3)cc2)cc1. The fourth-order valence-corrected chi connectivity index (χ4v) is 3.49. The van der Waals surface area contributed by atoms with E-state index in [1.54, 1.807) is 74.9 Å². The summed E-state index contributed by atoms with van der Waals surface area (Å²) in [6.45, 7) is 0. The van der Waals surface area contributed by atoms with Crippen molar-refractivity contribution < 1.29 is 23.8 Å². The van der Waals surface area contributed by atoms with Gasteiger partial charge < -0.3 is 24.8 Å². The molecular weight excluding hydrogens is 492 g/mol. The minimum atomic E-state index is -0.240. The number of carbonyl (C=O) groups excluding carboxylic acids is 2. The van der Waals surface area contributed by atoms with Crippen molar-refractivity contribution in [2.45, 2.75) is 0 Å². The van der Waals surface area contributed by atoms with Crippen molar-refractivity contribution in [1.82, 2.24) is 0 Å². The topological polar surface area (TPSA) is 85.9 Å². The molecule has 0 aromatic heterocycles. The monoisotopic (exact) mass is 520 g/mol. The van der Waals surface area contributed by atoms with Crippen molar-refractivity contribution in [2.75, 3.05) is 24.9 Å². The van der Waals surface area contributed by atoms with E-state index >= 15 is 0 Å². The fourth-order valence-electron chi connectivity index (χ4n) is 3.49. The molecule has 0 fully saturated rings. The van der Waals surface area contributed by atoms with Crippen LogP contribution in [0.2, 0.25) is 0 Å². The van der Waals surface area contributed by atoms with Crippen molar-refractivity contribution in [3.05, 3.63) is 120 Å². The summed E-state index contributed by atoms with van der Waals surface area (Å²) in [6, 6.07) is 28.9. The minimum absolute atomic E-state index is 0.240. The van der Waals surface area contributed by atoms with E-state index in [9.17, 15) is 9.59 Å². The van der Waals surface area contributed by atoms with Crippen LogP contribution < -0.4 is 24.8 Å². The number of ether oxygens (including phenoxy) is 3. The molecule has 0 aliphatic rings.